The van der Waals surface area contributed by atoms with Crippen molar-refractivity contribution in [3.8, 4) is 11.5 Å². The lowest BCUT2D eigenvalue weighted by Crippen LogP contribution is -2.21. The molecular formula is C22H30O4P-. The van der Waals surface area contributed by atoms with Crippen LogP contribution in [0.2, 0.25) is 0 Å². The highest BCUT2D eigenvalue weighted by Crippen LogP contribution is 2.46. The Morgan fingerprint density at radius 3 is 1.44 bits per heavy atom. The Hall–Kier alpha value is -1.77. The lowest BCUT2D eigenvalue weighted by Gasteiger charge is -2.32. The topological polar surface area (TPSA) is 58.6 Å². The molecule has 0 aliphatic carbocycles. The Morgan fingerprint density at radius 1 is 0.778 bits per heavy atom. The number of benzene rings is 2. The van der Waals surface area contributed by atoms with Gasteiger partial charge in [0.2, 0.25) is 0 Å². The smallest absolute Gasteiger partial charge is 0.372 e. The van der Waals surface area contributed by atoms with Gasteiger partial charge in [-0.05, 0) is 35.8 Å². The van der Waals surface area contributed by atoms with Gasteiger partial charge in [0.15, 0.2) is 0 Å². The molecule has 2 aromatic rings. The molecule has 2 rings (SSSR count). The van der Waals surface area contributed by atoms with E-state index in [-0.39, 0.29) is 10.8 Å². The number of hydrogen-bond acceptors (Lipinski definition) is 4. The molecule has 148 valence electrons. The fraction of sp³-hybridized carbons (Fsp3) is 0.455. The first-order chi connectivity index (χ1) is 12.5. The zero-order chi connectivity index (χ0) is 20.3. The monoisotopic (exact) mass is 389 g/mol. The Labute approximate surface area is 163 Å². The van der Waals surface area contributed by atoms with Crippen molar-refractivity contribution in [2.75, 3.05) is 0 Å². The molecule has 0 spiro atoms. The first-order valence-electron chi connectivity index (χ1n) is 9.41. The van der Waals surface area contributed by atoms with Crippen LogP contribution >= 0.6 is 7.82 Å². The van der Waals surface area contributed by atoms with Crippen molar-refractivity contribution in [2.45, 2.75) is 65.2 Å². The molecule has 0 unspecified atom stereocenters. The quantitative estimate of drug-likeness (QED) is 0.521. The van der Waals surface area contributed by atoms with E-state index in [0.29, 0.717) is 11.5 Å². The fourth-order valence-corrected chi connectivity index (χ4v) is 3.69. The molecule has 27 heavy (non-hydrogen) atoms. The van der Waals surface area contributed by atoms with Gasteiger partial charge in [0.1, 0.15) is 11.5 Å². The van der Waals surface area contributed by atoms with E-state index in [0.717, 1.165) is 24.0 Å². The molecule has 0 bridgehead atoms. The molecule has 0 atom stereocenters. The minimum atomic E-state index is -4.60. The predicted octanol–water partition coefficient (Wildman–Crippen LogP) is 5.99. The van der Waals surface area contributed by atoms with Gasteiger partial charge in [-0.1, -0.05) is 77.9 Å². The summed E-state index contributed by atoms with van der Waals surface area (Å²) in [5.41, 5.74) is 1.26. The molecule has 4 nitrogen and oxygen atoms in total. The van der Waals surface area contributed by atoms with Crippen LogP contribution in [0.15, 0.2) is 48.5 Å². The molecule has 0 aliphatic heterocycles. The van der Waals surface area contributed by atoms with E-state index in [1.54, 1.807) is 24.3 Å². The van der Waals surface area contributed by atoms with Gasteiger partial charge < -0.3 is 13.9 Å². The number of hydrogen-bond donors (Lipinski definition) is 0. The lowest BCUT2D eigenvalue weighted by molar-refractivity contribution is -0.208. The second-order valence-electron chi connectivity index (χ2n) is 8.10. The maximum Gasteiger partial charge on any atom is 0.372 e. The first-order valence-corrected chi connectivity index (χ1v) is 10.9. The second-order valence-corrected chi connectivity index (χ2v) is 9.36. The van der Waals surface area contributed by atoms with Gasteiger partial charge in [-0.25, -0.2) is 4.57 Å². The molecule has 0 N–H and O–H groups in total. The zero-order valence-corrected chi connectivity index (χ0v) is 18.0. The molecule has 5 heteroatoms. The van der Waals surface area contributed by atoms with Gasteiger partial charge in [0.25, 0.3) is 0 Å². The Morgan fingerprint density at radius 2 is 1.11 bits per heavy atom. The summed E-state index contributed by atoms with van der Waals surface area (Å²) < 4.78 is 23.5. The number of para-hydroxylation sites is 2. The third kappa shape index (κ3) is 5.15. The van der Waals surface area contributed by atoms with E-state index in [1.807, 2.05) is 24.3 Å². The van der Waals surface area contributed by atoms with Gasteiger partial charge in [0.05, 0.1) is 0 Å². The van der Waals surface area contributed by atoms with Gasteiger partial charge >= 0.3 is 7.82 Å². The Balaban J connectivity index is 2.35. The molecule has 0 radical (unpaired) electrons. The summed E-state index contributed by atoms with van der Waals surface area (Å²) in [6.45, 7) is 12.4. The van der Waals surface area contributed by atoms with Crippen molar-refractivity contribution in [1.29, 1.82) is 0 Å². The minimum absolute atomic E-state index is 0.210. The van der Waals surface area contributed by atoms with Gasteiger partial charge in [-0.2, -0.15) is 0 Å². The van der Waals surface area contributed by atoms with E-state index in [2.05, 4.69) is 41.5 Å². The molecule has 0 amide bonds. The SMILES string of the molecule is CCC(C)(C)c1ccccc1OP(=O)([O-])Oc1ccccc1C(C)(C)CC. The molecular weight excluding hydrogens is 359 g/mol. The van der Waals surface area contributed by atoms with Crippen molar-refractivity contribution < 1.29 is 18.5 Å². The van der Waals surface area contributed by atoms with Crippen LogP contribution in [-0.4, -0.2) is 0 Å². The minimum Gasteiger partial charge on any atom is -0.736 e. The van der Waals surface area contributed by atoms with Gasteiger partial charge in [0, 0.05) is 11.1 Å². The Kier molecular flexibility index (Phi) is 6.44. The third-order valence-electron chi connectivity index (χ3n) is 5.42. The second kappa shape index (κ2) is 8.08. The van der Waals surface area contributed by atoms with Crippen LogP contribution in [0.1, 0.15) is 65.5 Å². The first kappa shape index (κ1) is 21.5. The molecule has 0 aliphatic rings. The maximum atomic E-state index is 12.7. The molecule has 0 aromatic heterocycles. The highest BCUT2D eigenvalue weighted by atomic mass is 31.2. The third-order valence-corrected chi connectivity index (χ3v) is 6.26. The number of rotatable bonds is 8. The summed E-state index contributed by atoms with van der Waals surface area (Å²) in [6.07, 6.45) is 1.70. The summed E-state index contributed by atoms with van der Waals surface area (Å²) in [5.74, 6) is 0.629. The number of phosphoric ester groups is 1. The summed E-state index contributed by atoms with van der Waals surface area (Å²) in [6, 6.07) is 14.4. The lowest BCUT2D eigenvalue weighted by atomic mass is 9.82. The fourth-order valence-electron chi connectivity index (χ4n) is 2.85. The van der Waals surface area contributed by atoms with Crippen molar-refractivity contribution in [3.63, 3.8) is 0 Å². The molecule has 0 heterocycles. The highest BCUT2D eigenvalue weighted by Gasteiger charge is 2.27. The van der Waals surface area contributed by atoms with E-state index in [9.17, 15) is 9.46 Å². The van der Waals surface area contributed by atoms with E-state index in [1.165, 1.54) is 0 Å². The van der Waals surface area contributed by atoms with Crippen molar-refractivity contribution in [1.82, 2.24) is 0 Å². The van der Waals surface area contributed by atoms with Crippen molar-refractivity contribution in [3.05, 3.63) is 59.7 Å². The summed E-state index contributed by atoms with van der Waals surface area (Å²) in [4.78, 5) is 12.7. The highest BCUT2D eigenvalue weighted by molar-refractivity contribution is 7.46. The van der Waals surface area contributed by atoms with E-state index in [4.69, 9.17) is 9.05 Å². The van der Waals surface area contributed by atoms with Gasteiger partial charge in [-0.15, -0.1) is 0 Å². The normalized spacial score (nSPS) is 12.7. The maximum absolute atomic E-state index is 12.7. The summed E-state index contributed by atoms with van der Waals surface area (Å²) in [7, 11) is -4.60. The van der Waals surface area contributed by atoms with Gasteiger partial charge in [-0.3, -0.25) is 0 Å². The average Bonchev–Trinajstić information content (AvgIpc) is 2.61. The molecule has 0 saturated carbocycles. The number of phosphoric acid groups is 1. The molecule has 0 fully saturated rings. The van der Waals surface area contributed by atoms with E-state index < -0.39 is 7.82 Å². The van der Waals surface area contributed by atoms with Crippen molar-refractivity contribution in [2.24, 2.45) is 0 Å². The molecule has 0 saturated heterocycles. The summed E-state index contributed by atoms with van der Waals surface area (Å²) >= 11 is 0. The van der Waals surface area contributed by atoms with Crippen LogP contribution in [0, 0.1) is 0 Å². The van der Waals surface area contributed by atoms with Crippen LogP contribution in [0.25, 0.3) is 0 Å². The van der Waals surface area contributed by atoms with Crippen LogP contribution < -0.4 is 13.9 Å². The predicted molar refractivity (Wildman–Crippen MR) is 108 cm³/mol. The Bertz CT molecular complexity index is 761. The van der Waals surface area contributed by atoms with Crippen LogP contribution in [0.4, 0.5) is 0 Å². The standard InChI is InChI=1S/C22H31O4P/c1-7-21(3,4)17-13-9-11-15-19(17)25-27(23,24)26-20-16-12-10-14-18(20)22(5,6)8-2/h9-16H,7-8H2,1-6H3,(H,23,24)/p-1. The molecule has 2 aromatic carbocycles. The zero-order valence-electron chi connectivity index (χ0n) is 17.1. The van der Waals surface area contributed by atoms with E-state index >= 15 is 0 Å². The largest absolute Gasteiger partial charge is 0.736 e. The van der Waals surface area contributed by atoms with Crippen LogP contribution in [0.5, 0.6) is 11.5 Å². The average molecular weight is 389 g/mol. The van der Waals surface area contributed by atoms with Crippen molar-refractivity contribution >= 4 is 7.82 Å². The van der Waals surface area contributed by atoms with Crippen LogP contribution in [-0.2, 0) is 15.4 Å². The summed E-state index contributed by atoms with van der Waals surface area (Å²) in [5, 5.41) is 0. The van der Waals surface area contributed by atoms with Crippen LogP contribution in [0.3, 0.4) is 0 Å².